The molecule has 0 atom stereocenters. The molecule has 0 rings (SSSR count). The monoisotopic (exact) mass is 176 g/mol. The summed E-state index contributed by atoms with van der Waals surface area (Å²) in [4.78, 5) is 0. The van der Waals surface area contributed by atoms with Crippen LogP contribution in [0.2, 0.25) is 0 Å². The van der Waals surface area contributed by atoms with E-state index in [9.17, 15) is 2.85 Å². The first-order chi connectivity index (χ1) is 1.91. The van der Waals surface area contributed by atoms with Crippen LogP contribution in [0.3, 0.4) is 0 Å². The number of hydrogen-bond donors (Lipinski definition) is 0. The second-order valence-corrected chi connectivity index (χ2v) is 5.48. The summed E-state index contributed by atoms with van der Waals surface area (Å²) in [5.41, 5.74) is 0. The SMILES string of the molecule is O=[SiH][In]=[O]. The Morgan fingerprint density at radius 1 is 1.75 bits per heavy atom. The molecule has 0 saturated carbocycles. The molecular formula is HInO2Si. The third-order valence-corrected chi connectivity index (χ3v) is 1.12. The van der Waals surface area contributed by atoms with Crippen molar-refractivity contribution < 1.29 is 7.32 Å². The summed E-state index contributed by atoms with van der Waals surface area (Å²) in [6, 6.07) is 0. The van der Waals surface area contributed by atoms with E-state index in [0.29, 0.717) is 0 Å². The van der Waals surface area contributed by atoms with Gasteiger partial charge in [0.25, 0.3) is 0 Å². The first-order valence-corrected chi connectivity index (χ1v) is 9.00. The first kappa shape index (κ1) is 4.69. The van der Waals surface area contributed by atoms with E-state index in [1.54, 1.807) is 0 Å². The van der Waals surface area contributed by atoms with Crippen molar-refractivity contribution in [3.05, 3.63) is 0 Å². The Labute approximate surface area is 36.2 Å². The predicted molar refractivity (Wildman–Crippen MR) is 14.3 cm³/mol. The van der Waals surface area contributed by atoms with Gasteiger partial charge in [-0.3, -0.25) is 0 Å². The van der Waals surface area contributed by atoms with Crippen LogP contribution in [0.15, 0.2) is 0 Å². The third-order valence-electron chi connectivity index (χ3n) is 0.0556. The summed E-state index contributed by atoms with van der Waals surface area (Å²) >= 11 is -1.63. The van der Waals surface area contributed by atoms with Crippen molar-refractivity contribution >= 4 is 28.7 Å². The molecule has 0 aliphatic carbocycles. The molecule has 0 aromatic carbocycles. The molecule has 0 aromatic heterocycles. The molecule has 4 heavy (non-hydrogen) atoms. The van der Waals surface area contributed by atoms with Gasteiger partial charge >= 0.3 is 36.0 Å². The van der Waals surface area contributed by atoms with Crippen LogP contribution in [0.1, 0.15) is 0 Å². The van der Waals surface area contributed by atoms with Gasteiger partial charge in [0.2, 0.25) is 0 Å². The van der Waals surface area contributed by atoms with Crippen LogP contribution in [-0.4, -0.2) is 28.7 Å². The first-order valence-electron chi connectivity index (χ1n) is 0.805. The minimum absolute atomic E-state index is 0.833. The van der Waals surface area contributed by atoms with Gasteiger partial charge < -0.3 is 0 Å². The second kappa shape index (κ2) is 3.69. The molecule has 0 N–H and O–H groups in total. The Morgan fingerprint density at radius 2 is 2.00 bits per heavy atom. The second-order valence-electron chi connectivity index (χ2n) is 0.272. The molecule has 0 fully saturated rings. The van der Waals surface area contributed by atoms with Gasteiger partial charge in [-0.25, -0.2) is 0 Å². The van der Waals surface area contributed by atoms with Crippen LogP contribution in [0.5, 0.6) is 0 Å². The average Bonchev–Trinajstić information content (AvgIpc) is 1.37. The van der Waals surface area contributed by atoms with E-state index in [1.165, 1.54) is 0 Å². The fourth-order valence-corrected chi connectivity index (χ4v) is 0. The summed E-state index contributed by atoms with van der Waals surface area (Å²) in [5, 5.41) is 0. The van der Waals surface area contributed by atoms with E-state index in [4.69, 9.17) is 4.46 Å². The summed E-state index contributed by atoms with van der Waals surface area (Å²) in [5.74, 6) is 0. The van der Waals surface area contributed by atoms with E-state index in [1.807, 2.05) is 0 Å². The Bertz CT molecular complexity index is 27.0. The average molecular weight is 176 g/mol. The molecule has 0 heterocycles. The van der Waals surface area contributed by atoms with E-state index in [-0.39, 0.29) is 0 Å². The van der Waals surface area contributed by atoms with Crippen molar-refractivity contribution in [3.63, 3.8) is 0 Å². The third kappa shape index (κ3) is 2.69. The van der Waals surface area contributed by atoms with Crippen molar-refractivity contribution in [1.82, 2.24) is 0 Å². The maximum atomic E-state index is 9.21. The molecule has 0 bridgehead atoms. The summed E-state index contributed by atoms with van der Waals surface area (Å²) in [6.07, 6.45) is 0. The molecule has 0 aliphatic rings. The van der Waals surface area contributed by atoms with E-state index >= 15 is 0 Å². The van der Waals surface area contributed by atoms with Crippen molar-refractivity contribution in [2.45, 2.75) is 0 Å². The standard InChI is InChI=1S/In.HOSi.O/c;1-2;/h;2H;. The predicted octanol–water partition coefficient (Wildman–Crippen LogP) is -1.27. The van der Waals surface area contributed by atoms with Crippen LogP contribution in [-0.2, 0) is 7.32 Å². The van der Waals surface area contributed by atoms with E-state index < -0.39 is 28.7 Å². The van der Waals surface area contributed by atoms with Gasteiger partial charge in [0.05, 0.1) is 0 Å². The zero-order chi connectivity index (χ0) is 3.41. The van der Waals surface area contributed by atoms with Crippen LogP contribution in [0.25, 0.3) is 0 Å². The zero-order valence-corrected chi connectivity index (χ0v) is 6.42. The van der Waals surface area contributed by atoms with Crippen molar-refractivity contribution in [2.24, 2.45) is 0 Å². The Balaban J connectivity index is 2.73. The molecule has 0 spiro atoms. The quantitative estimate of drug-likeness (QED) is 0.467. The summed E-state index contributed by atoms with van der Waals surface area (Å²) in [7, 11) is 0. The molecule has 0 radical (unpaired) electrons. The topological polar surface area (TPSA) is 34.1 Å². The van der Waals surface area contributed by atoms with Gasteiger partial charge in [-0.15, -0.1) is 0 Å². The van der Waals surface area contributed by atoms with Gasteiger partial charge in [-0.2, -0.15) is 0 Å². The maximum absolute atomic E-state index is 9.21. The molecule has 4 heteroatoms. The Kier molecular flexibility index (Phi) is 4.32. The van der Waals surface area contributed by atoms with Gasteiger partial charge in [-0.1, -0.05) is 0 Å². The van der Waals surface area contributed by atoms with Crippen molar-refractivity contribution in [3.8, 4) is 0 Å². The van der Waals surface area contributed by atoms with Crippen molar-refractivity contribution in [2.75, 3.05) is 0 Å². The fourth-order valence-electron chi connectivity index (χ4n) is 0. The van der Waals surface area contributed by atoms with Crippen LogP contribution in [0.4, 0.5) is 0 Å². The summed E-state index contributed by atoms with van der Waals surface area (Å²) < 4.78 is 18.4. The molecule has 2 nitrogen and oxygen atoms in total. The Morgan fingerprint density at radius 3 is 2.00 bits per heavy atom. The van der Waals surface area contributed by atoms with Crippen LogP contribution in [0, 0.1) is 0 Å². The molecule has 0 aromatic rings. The fraction of sp³-hybridized carbons (Fsp3) is 0. The zero-order valence-electron chi connectivity index (χ0n) is 1.97. The minimum atomic E-state index is -1.63. The molecule has 0 aliphatic heterocycles. The van der Waals surface area contributed by atoms with Gasteiger partial charge in [0, 0.05) is 0 Å². The number of rotatable bonds is 1. The molecule has 0 unspecified atom stereocenters. The Hall–Kier alpha value is 0.687. The van der Waals surface area contributed by atoms with Gasteiger partial charge in [-0.05, 0) is 0 Å². The molecule has 20 valence electrons. The molecule has 0 amide bonds. The van der Waals surface area contributed by atoms with Crippen molar-refractivity contribution in [1.29, 1.82) is 0 Å². The van der Waals surface area contributed by atoms with Crippen LogP contribution >= 0.6 is 0 Å². The molecular weight excluding hydrogens is 175 g/mol. The van der Waals surface area contributed by atoms with E-state index in [0.717, 1.165) is 0 Å². The number of hydrogen-bond acceptors (Lipinski definition) is 2. The summed E-state index contributed by atoms with van der Waals surface area (Å²) in [6.45, 7) is -0.833. The van der Waals surface area contributed by atoms with Crippen LogP contribution < -0.4 is 0 Å². The van der Waals surface area contributed by atoms with E-state index in [2.05, 4.69) is 0 Å². The van der Waals surface area contributed by atoms with Gasteiger partial charge in [0.1, 0.15) is 0 Å². The van der Waals surface area contributed by atoms with Gasteiger partial charge in [0.15, 0.2) is 0 Å². The normalized spacial score (nSPS) is 4.00. The molecule has 0 saturated heterocycles.